The molecule has 0 aromatic rings. The molecule has 0 radical (unpaired) electrons. The zero-order valence-electron chi connectivity index (χ0n) is 6.16. The van der Waals surface area contributed by atoms with E-state index in [0.717, 1.165) is 6.26 Å². The molecule has 0 saturated carbocycles. The molecule has 0 spiro atoms. The number of aliphatic hydroxyl groups is 1. The number of nitrogens with two attached hydrogens (primary N) is 1. The summed E-state index contributed by atoms with van der Waals surface area (Å²) in [4.78, 5) is 0. The van der Waals surface area contributed by atoms with Gasteiger partial charge < -0.3 is 10.8 Å². The molecule has 1 unspecified atom stereocenters. The normalized spacial score (nSPS) is 18.4. The lowest BCUT2D eigenvalue weighted by Gasteiger charge is -2.18. The van der Waals surface area contributed by atoms with Crippen molar-refractivity contribution in [3.63, 3.8) is 0 Å². The van der Waals surface area contributed by atoms with Crippen molar-refractivity contribution >= 4 is 9.84 Å². The second kappa shape index (κ2) is 2.86. The van der Waals surface area contributed by atoms with Crippen LogP contribution in [0.5, 0.6) is 0 Å². The molecule has 0 aliphatic rings. The topological polar surface area (TPSA) is 80.4 Å². The molecule has 0 saturated heterocycles. The van der Waals surface area contributed by atoms with Crippen LogP contribution in [0.3, 0.4) is 0 Å². The standard InChI is InChI=1S/C5H13NO3S/c1-5(7,3-6)4-10(2,8)9/h7H,3-4,6H2,1-2H3. The molecule has 5 heteroatoms. The van der Waals surface area contributed by atoms with Crippen molar-refractivity contribution in [2.45, 2.75) is 12.5 Å². The largest absolute Gasteiger partial charge is 0.388 e. The van der Waals surface area contributed by atoms with Crippen LogP contribution in [0, 0.1) is 0 Å². The summed E-state index contributed by atoms with van der Waals surface area (Å²) in [5.41, 5.74) is 3.81. The molecule has 0 aliphatic carbocycles. The third-order valence-corrected chi connectivity index (χ3v) is 2.16. The maximum atomic E-state index is 10.6. The fraction of sp³-hybridized carbons (Fsp3) is 1.00. The molecule has 0 rings (SSSR count). The van der Waals surface area contributed by atoms with Gasteiger partial charge in [-0.15, -0.1) is 0 Å². The van der Waals surface area contributed by atoms with Crippen molar-refractivity contribution in [3.8, 4) is 0 Å². The van der Waals surface area contributed by atoms with Crippen LogP contribution in [-0.2, 0) is 9.84 Å². The first-order valence-corrected chi connectivity index (χ1v) is 4.93. The molecule has 62 valence electrons. The summed E-state index contributed by atoms with van der Waals surface area (Å²) in [6, 6.07) is 0. The van der Waals surface area contributed by atoms with Crippen LogP contribution in [0.25, 0.3) is 0 Å². The zero-order chi connectivity index (χ0) is 8.41. The molecule has 0 heterocycles. The molecular formula is C5H13NO3S. The molecular weight excluding hydrogens is 154 g/mol. The Kier molecular flexibility index (Phi) is 2.82. The van der Waals surface area contributed by atoms with E-state index >= 15 is 0 Å². The Hall–Kier alpha value is -0.130. The van der Waals surface area contributed by atoms with Gasteiger partial charge in [0.15, 0.2) is 0 Å². The molecule has 0 amide bonds. The zero-order valence-corrected chi connectivity index (χ0v) is 6.98. The number of hydrogen-bond acceptors (Lipinski definition) is 4. The fourth-order valence-electron chi connectivity index (χ4n) is 0.624. The van der Waals surface area contributed by atoms with Crippen LogP contribution in [0.15, 0.2) is 0 Å². The minimum Gasteiger partial charge on any atom is -0.388 e. The maximum absolute atomic E-state index is 10.6. The van der Waals surface area contributed by atoms with Crippen LogP contribution in [0.4, 0.5) is 0 Å². The Morgan fingerprint density at radius 1 is 1.60 bits per heavy atom. The quantitative estimate of drug-likeness (QED) is 0.550. The molecule has 0 bridgehead atoms. The van der Waals surface area contributed by atoms with Crippen LogP contribution in [-0.4, -0.2) is 37.7 Å². The third kappa shape index (κ3) is 4.72. The number of sulfone groups is 1. The molecule has 0 aromatic carbocycles. The lowest BCUT2D eigenvalue weighted by molar-refractivity contribution is 0.0931. The van der Waals surface area contributed by atoms with Crippen molar-refractivity contribution in [2.24, 2.45) is 5.73 Å². The third-order valence-electron chi connectivity index (χ3n) is 1.01. The highest BCUT2D eigenvalue weighted by Crippen LogP contribution is 2.03. The van der Waals surface area contributed by atoms with E-state index < -0.39 is 15.4 Å². The maximum Gasteiger partial charge on any atom is 0.150 e. The van der Waals surface area contributed by atoms with E-state index in [0.29, 0.717) is 0 Å². The highest BCUT2D eigenvalue weighted by molar-refractivity contribution is 7.90. The summed E-state index contributed by atoms with van der Waals surface area (Å²) in [6.45, 7) is 1.36. The van der Waals surface area contributed by atoms with Gasteiger partial charge >= 0.3 is 0 Å². The van der Waals surface area contributed by atoms with Gasteiger partial charge in [0, 0.05) is 12.8 Å². The first kappa shape index (κ1) is 9.87. The molecule has 4 nitrogen and oxygen atoms in total. The van der Waals surface area contributed by atoms with Gasteiger partial charge in [-0.1, -0.05) is 0 Å². The first-order chi connectivity index (χ1) is 4.27. The summed E-state index contributed by atoms with van der Waals surface area (Å²) in [6.07, 6.45) is 1.07. The van der Waals surface area contributed by atoms with Crippen molar-refractivity contribution in [3.05, 3.63) is 0 Å². The highest BCUT2D eigenvalue weighted by atomic mass is 32.2. The Bertz CT molecular complexity index is 195. The van der Waals surface area contributed by atoms with Crippen LogP contribution < -0.4 is 5.73 Å². The van der Waals surface area contributed by atoms with Crippen molar-refractivity contribution in [1.29, 1.82) is 0 Å². The lowest BCUT2D eigenvalue weighted by Crippen LogP contribution is -2.40. The average Bonchev–Trinajstić information content (AvgIpc) is 1.60. The van der Waals surface area contributed by atoms with Gasteiger partial charge in [0.05, 0.1) is 11.4 Å². The van der Waals surface area contributed by atoms with Gasteiger partial charge in [0.25, 0.3) is 0 Å². The Labute approximate surface area is 61.0 Å². The van der Waals surface area contributed by atoms with E-state index in [2.05, 4.69) is 0 Å². The van der Waals surface area contributed by atoms with E-state index in [1.54, 1.807) is 0 Å². The monoisotopic (exact) mass is 167 g/mol. The van der Waals surface area contributed by atoms with Gasteiger partial charge in [0.2, 0.25) is 0 Å². The predicted octanol–water partition coefficient (Wildman–Crippen LogP) is -1.26. The van der Waals surface area contributed by atoms with Crippen LogP contribution in [0.1, 0.15) is 6.92 Å². The summed E-state index contributed by atoms with van der Waals surface area (Å²) >= 11 is 0. The molecule has 0 aliphatic heterocycles. The smallest absolute Gasteiger partial charge is 0.150 e. The van der Waals surface area contributed by atoms with Gasteiger partial charge in [0.1, 0.15) is 9.84 Å². The van der Waals surface area contributed by atoms with E-state index in [9.17, 15) is 8.42 Å². The summed E-state index contributed by atoms with van der Waals surface area (Å²) in [7, 11) is -3.12. The van der Waals surface area contributed by atoms with Crippen molar-refractivity contribution in [1.82, 2.24) is 0 Å². The van der Waals surface area contributed by atoms with Crippen LogP contribution >= 0.6 is 0 Å². The summed E-state index contributed by atoms with van der Waals surface area (Å²) in [5.74, 6) is -0.281. The van der Waals surface area contributed by atoms with E-state index in [4.69, 9.17) is 10.8 Å². The van der Waals surface area contributed by atoms with Gasteiger partial charge in [-0.25, -0.2) is 8.42 Å². The predicted molar refractivity (Wildman–Crippen MR) is 39.4 cm³/mol. The molecule has 0 aromatic heterocycles. The Morgan fingerprint density at radius 2 is 2.00 bits per heavy atom. The van der Waals surface area contributed by atoms with Gasteiger partial charge in [-0.2, -0.15) is 0 Å². The molecule has 0 fully saturated rings. The SMILES string of the molecule is CC(O)(CN)CS(C)(=O)=O. The minimum absolute atomic E-state index is 0.0416. The molecule has 1 atom stereocenters. The Morgan fingerprint density at radius 3 is 2.10 bits per heavy atom. The minimum atomic E-state index is -3.12. The highest BCUT2D eigenvalue weighted by Gasteiger charge is 2.23. The molecule has 10 heavy (non-hydrogen) atoms. The number of rotatable bonds is 3. The summed E-state index contributed by atoms with van der Waals surface area (Å²) < 4.78 is 21.2. The number of hydrogen-bond donors (Lipinski definition) is 2. The first-order valence-electron chi connectivity index (χ1n) is 2.87. The Balaban J connectivity index is 4.16. The van der Waals surface area contributed by atoms with Gasteiger partial charge in [-0.05, 0) is 6.92 Å². The summed E-state index contributed by atoms with van der Waals surface area (Å²) in [5, 5.41) is 9.15. The fourth-order valence-corrected chi connectivity index (χ4v) is 1.87. The second-order valence-corrected chi connectivity index (χ2v) is 4.91. The molecule has 3 N–H and O–H groups in total. The van der Waals surface area contributed by atoms with Crippen molar-refractivity contribution in [2.75, 3.05) is 18.6 Å². The van der Waals surface area contributed by atoms with E-state index in [-0.39, 0.29) is 12.3 Å². The van der Waals surface area contributed by atoms with E-state index in [1.807, 2.05) is 0 Å². The lowest BCUT2D eigenvalue weighted by atomic mass is 10.1. The van der Waals surface area contributed by atoms with Crippen molar-refractivity contribution < 1.29 is 13.5 Å². The second-order valence-electron chi connectivity index (χ2n) is 2.77. The average molecular weight is 167 g/mol. The van der Waals surface area contributed by atoms with Gasteiger partial charge in [-0.3, -0.25) is 0 Å². The van der Waals surface area contributed by atoms with E-state index in [1.165, 1.54) is 6.92 Å². The van der Waals surface area contributed by atoms with Crippen LogP contribution in [0.2, 0.25) is 0 Å².